The molecule has 0 spiro atoms. The molecule has 26 heavy (non-hydrogen) atoms. The Morgan fingerprint density at radius 3 is 2.88 bits per heavy atom. The summed E-state index contributed by atoms with van der Waals surface area (Å²) >= 11 is 3.38. The van der Waals surface area contributed by atoms with E-state index in [0.29, 0.717) is 0 Å². The summed E-state index contributed by atoms with van der Waals surface area (Å²) in [5, 5.41) is 7.14. The van der Waals surface area contributed by atoms with Gasteiger partial charge in [-0.3, -0.25) is 4.79 Å². The van der Waals surface area contributed by atoms with Gasteiger partial charge in [-0.25, -0.2) is 9.97 Å². The molecule has 0 saturated heterocycles. The van der Waals surface area contributed by atoms with E-state index in [1.54, 1.807) is 22.7 Å². The standard InChI is InChI=1S/C20H15N3OS2/c1-11-13-8-12(6-7-14(13)23-20(11)24)16-10-25-18(22-16)9-19-21-15-4-2-3-5-17(15)26-19/h2-8,10-11H,9H2,1H3,(H,23,24)/t11-/m1/s1. The van der Waals surface area contributed by atoms with Crippen molar-refractivity contribution in [2.45, 2.75) is 19.3 Å². The van der Waals surface area contributed by atoms with Crippen molar-refractivity contribution < 1.29 is 4.79 Å². The number of para-hydroxylation sites is 1. The highest BCUT2D eigenvalue weighted by molar-refractivity contribution is 7.18. The normalized spacial score (nSPS) is 16.0. The predicted molar refractivity (Wildman–Crippen MR) is 107 cm³/mol. The van der Waals surface area contributed by atoms with Crippen LogP contribution in [0.2, 0.25) is 0 Å². The molecule has 1 N–H and O–H groups in total. The second kappa shape index (κ2) is 6.00. The molecule has 1 amide bonds. The molecule has 4 aromatic rings. The van der Waals surface area contributed by atoms with Crippen LogP contribution in [-0.4, -0.2) is 15.9 Å². The molecule has 4 nitrogen and oxygen atoms in total. The van der Waals surface area contributed by atoms with Crippen LogP contribution >= 0.6 is 22.7 Å². The first kappa shape index (κ1) is 15.7. The molecule has 128 valence electrons. The van der Waals surface area contributed by atoms with Gasteiger partial charge in [0.1, 0.15) is 10.0 Å². The van der Waals surface area contributed by atoms with Gasteiger partial charge in [-0.1, -0.05) is 18.2 Å². The minimum absolute atomic E-state index is 0.0620. The Balaban J connectivity index is 1.43. The molecule has 6 heteroatoms. The number of anilines is 1. The zero-order valence-electron chi connectivity index (χ0n) is 14.0. The summed E-state index contributed by atoms with van der Waals surface area (Å²) in [5.74, 6) is -0.0437. The van der Waals surface area contributed by atoms with Crippen molar-refractivity contribution in [3.63, 3.8) is 0 Å². The average Bonchev–Trinajstić information content (AvgIpc) is 3.33. The fourth-order valence-electron chi connectivity index (χ4n) is 3.23. The van der Waals surface area contributed by atoms with E-state index < -0.39 is 0 Å². The molecular weight excluding hydrogens is 362 g/mol. The molecule has 1 aliphatic rings. The topological polar surface area (TPSA) is 54.9 Å². The van der Waals surface area contributed by atoms with Crippen molar-refractivity contribution in [1.82, 2.24) is 9.97 Å². The third-order valence-electron chi connectivity index (χ3n) is 4.66. The molecule has 2 aromatic heterocycles. The minimum Gasteiger partial charge on any atom is -0.325 e. The largest absolute Gasteiger partial charge is 0.325 e. The van der Waals surface area contributed by atoms with E-state index in [1.807, 2.05) is 37.3 Å². The first-order valence-corrected chi connectivity index (χ1v) is 10.1. The Labute approximate surface area is 158 Å². The van der Waals surface area contributed by atoms with Crippen LogP contribution in [0.25, 0.3) is 21.5 Å². The van der Waals surface area contributed by atoms with Crippen LogP contribution < -0.4 is 5.32 Å². The molecule has 0 saturated carbocycles. The molecule has 0 aliphatic carbocycles. The third-order valence-corrected chi connectivity index (χ3v) is 6.54. The van der Waals surface area contributed by atoms with Gasteiger partial charge in [0.2, 0.25) is 5.91 Å². The lowest BCUT2D eigenvalue weighted by molar-refractivity contribution is -0.116. The SMILES string of the molecule is C[C@H]1C(=O)Nc2ccc(-c3csc(Cc4nc5ccccc5s4)n3)cc21. The number of hydrogen-bond acceptors (Lipinski definition) is 5. The second-order valence-electron chi connectivity index (χ2n) is 6.39. The van der Waals surface area contributed by atoms with Crippen molar-refractivity contribution in [1.29, 1.82) is 0 Å². The fraction of sp³-hybridized carbons (Fsp3) is 0.150. The zero-order valence-corrected chi connectivity index (χ0v) is 15.7. The van der Waals surface area contributed by atoms with Gasteiger partial charge in [0.05, 0.1) is 28.2 Å². The van der Waals surface area contributed by atoms with E-state index in [9.17, 15) is 4.79 Å². The number of thiazole rings is 2. The highest BCUT2D eigenvalue weighted by Crippen LogP contribution is 2.36. The Bertz CT molecular complexity index is 1110. The van der Waals surface area contributed by atoms with Gasteiger partial charge < -0.3 is 5.32 Å². The van der Waals surface area contributed by atoms with Crippen molar-refractivity contribution in [2.24, 2.45) is 0 Å². The van der Waals surface area contributed by atoms with E-state index in [-0.39, 0.29) is 11.8 Å². The second-order valence-corrected chi connectivity index (χ2v) is 8.45. The molecule has 0 fully saturated rings. The lowest BCUT2D eigenvalue weighted by Gasteiger charge is -2.03. The van der Waals surface area contributed by atoms with Gasteiger partial charge >= 0.3 is 0 Å². The summed E-state index contributed by atoms with van der Waals surface area (Å²) < 4.78 is 1.21. The van der Waals surface area contributed by atoms with E-state index in [1.165, 1.54) is 4.70 Å². The van der Waals surface area contributed by atoms with Crippen LogP contribution in [0.4, 0.5) is 5.69 Å². The highest BCUT2D eigenvalue weighted by Gasteiger charge is 2.26. The molecule has 5 rings (SSSR count). The highest BCUT2D eigenvalue weighted by atomic mass is 32.1. The number of carbonyl (C=O) groups is 1. The average molecular weight is 377 g/mol. The van der Waals surface area contributed by atoms with Crippen LogP contribution in [0.1, 0.15) is 28.4 Å². The van der Waals surface area contributed by atoms with Gasteiger partial charge in [0, 0.05) is 16.6 Å². The number of fused-ring (bicyclic) bond motifs is 2. The van der Waals surface area contributed by atoms with Gasteiger partial charge in [-0.05, 0) is 36.8 Å². The summed E-state index contributed by atoms with van der Waals surface area (Å²) in [5.41, 5.74) is 5.03. The van der Waals surface area contributed by atoms with E-state index in [0.717, 1.165) is 44.5 Å². The Hall–Kier alpha value is -2.57. The van der Waals surface area contributed by atoms with Gasteiger partial charge in [-0.15, -0.1) is 22.7 Å². The Kier molecular flexibility index (Phi) is 3.62. The minimum atomic E-state index is -0.106. The fourth-order valence-corrected chi connectivity index (χ4v) is 5.10. The molecule has 1 aliphatic heterocycles. The first-order chi connectivity index (χ1) is 12.7. The van der Waals surface area contributed by atoms with Gasteiger partial charge in [-0.2, -0.15) is 0 Å². The predicted octanol–water partition coefficient (Wildman–Crippen LogP) is 5.07. The van der Waals surface area contributed by atoms with E-state index in [4.69, 9.17) is 9.97 Å². The number of nitrogens with zero attached hydrogens (tertiary/aromatic N) is 2. The number of amides is 1. The smallest absolute Gasteiger partial charge is 0.231 e. The summed E-state index contributed by atoms with van der Waals surface area (Å²) in [6.45, 7) is 1.94. The van der Waals surface area contributed by atoms with Crippen LogP contribution in [-0.2, 0) is 11.2 Å². The molecule has 0 bridgehead atoms. The van der Waals surface area contributed by atoms with E-state index >= 15 is 0 Å². The van der Waals surface area contributed by atoms with Gasteiger partial charge in [0.25, 0.3) is 0 Å². The van der Waals surface area contributed by atoms with Crippen molar-refractivity contribution in [2.75, 3.05) is 5.32 Å². The van der Waals surface area contributed by atoms with Crippen LogP contribution in [0.3, 0.4) is 0 Å². The summed E-state index contributed by atoms with van der Waals surface area (Å²) in [6.07, 6.45) is 0.755. The number of aromatic nitrogens is 2. The van der Waals surface area contributed by atoms with Crippen LogP contribution in [0.5, 0.6) is 0 Å². The van der Waals surface area contributed by atoms with Crippen LogP contribution in [0, 0.1) is 0 Å². The lowest BCUT2D eigenvalue weighted by atomic mass is 10.00. The van der Waals surface area contributed by atoms with Crippen LogP contribution in [0.15, 0.2) is 47.8 Å². The molecule has 0 radical (unpaired) electrons. The van der Waals surface area contributed by atoms with Crippen molar-refractivity contribution in [3.05, 3.63) is 63.4 Å². The summed E-state index contributed by atoms with van der Waals surface area (Å²) in [7, 11) is 0. The maximum atomic E-state index is 11.8. The zero-order chi connectivity index (χ0) is 17.7. The van der Waals surface area contributed by atoms with Crippen molar-refractivity contribution >= 4 is 44.5 Å². The monoisotopic (exact) mass is 377 g/mol. The summed E-state index contributed by atoms with van der Waals surface area (Å²) in [6, 6.07) is 14.3. The quantitative estimate of drug-likeness (QED) is 0.542. The molecule has 0 unspecified atom stereocenters. The summed E-state index contributed by atoms with van der Waals surface area (Å²) in [4.78, 5) is 21.3. The maximum absolute atomic E-state index is 11.8. The molecule has 3 heterocycles. The number of carbonyl (C=O) groups excluding carboxylic acids is 1. The molecule has 2 aromatic carbocycles. The third kappa shape index (κ3) is 2.62. The van der Waals surface area contributed by atoms with Gasteiger partial charge in [0.15, 0.2) is 0 Å². The van der Waals surface area contributed by atoms with E-state index in [2.05, 4.69) is 22.8 Å². The number of rotatable bonds is 3. The Morgan fingerprint density at radius 2 is 2.00 bits per heavy atom. The number of benzene rings is 2. The maximum Gasteiger partial charge on any atom is 0.231 e. The Morgan fingerprint density at radius 1 is 1.12 bits per heavy atom. The molecular formula is C20H15N3OS2. The first-order valence-electron chi connectivity index (χ1n) is 8.41. The molecule has 1 atom stereocenters. The number of hydrogen-bond donors (Lipinski definition) is 1. The van der Waals surface area contributed by atoms with Crippen molar-refractivity contribution in [3.8, 4) is 11.3 Å². The lowest BCUT2D eigenvalue weighted by Crippen LogP contribution is -2.08. The number of nitrogens with one attached hydrogen (secondary N) is 1.